The Balaban J connectivity index is 2.42. The fraction of sp³-hybridized carbons (Fsp3) is 0.417. The Morgan fingerprint density at radius 3 is 2.57 bits per heavy atom. The molecule has 0 bridgehead atoms. The van der Waals surface area contributed by atoms with Gasteiger partial charge in [0, 0.05) is 10.2 Å². The molecule has 1 heterocycles. The molecule has 0 spiro atoms. The number of benzene rings is 1. The minimum absolute atomic E-state index is 0.0501. The van der Waals surface area contributed by atoms with Crippen molar-refractivity contribution in [3.8, 4) is 0 Å². The average molecular weight is 379 g/mol. The van der Waals surface area contributed by atoms with Crippen LogP contribution in [-0.2, 0) is 21.2 Å². The molecule has 21 heavy (non-hydrogen) atoms. The number of anilines is 1. The van der Waals surface area contributed by atoms with E-state index in [2.05, 4.69) is 26.0 Å². The summed E-state index contributed by atoms with van der Waals surface area (Å²) in [5.74, 6) is -0.199. The molecular weight excluding hydrogens is 364 g/mol. The number of aliphatic hydroxyl groups excluding tert-OH is 2. The molecule has 1 aliphatic heterocycles. The van der Waals surface area contributed by atoms with Gasteiger partial charge in [-0.1, -0.05) is 0 Å². The summed E-state index contributed by atoms with van der Waals surface area (Å²) in [6.07, 6.45) is 0.113. The van der Waals surface area contributed by atoms with Gasteiger partial charge in [-0.05, 0) is 40.5 Å². The van der Waals surface area contributed by atoms with Crippen molar-refractivity contribution in [3.05, 3.63) is 22.2 Å². The number of hydrogen-bond acceptors (Lipinski definition) is 5. The first-order valence-electron chi connectivity index (χ1n) is 6.09. The van der Waals surface area contributed by atoms with Crippen molar-refractivity contribution < 1.29 is 23.4 Å². The summed E-state index contributed by atoms with van der Waals surface area (Å²) in [6.45, 7) is 0.285. The molecule has 0 radical (unpaired) electrons. The number of hydrogen-bond donors (Lipinski definition) is 4. The fourth-order valence-corrected chi connectivity index (χ4v) is 4.41. The van der Waals surface area contributed by atoms with Crippen molar-refractivity contribution >= 4 is 37.5 Å². The van der Waals surface area contributed by atoms with Crippen LogP contribution in [0.5, 0.6) is 0 Å². The molecule has 0 saturated heterocycles. The summed E-state index contributed by atoms with van der Waals surface area (Å²) in [6, 6.07) is 2.92. The fourth-order valence-electron chi connectivity index (χ4n) is 1.93. The largest absolute Gasteiger partial charge is 0.394 e. The number of aliphatic hydroxyl groups is 2. The minimum Gasteiger partial charge on any atom is -0.394 e. The molecule has 116 valence electrons. The van der Waals surface area contributed by atoms with E-state index in [-0.39, 0.29) is 21.7 Å². The molecule has 4 N–H and O–H groups in total. The Bertz CT molecular complexity index is 685. The number of carbonyl (C=O) groups is 1. The summed E-state index contributed by atoms with van der Waals surface area (Å²) in [4.78, 5) is 11.3. The van der Waals surface area contributed by atoms with Crippen LogP contribution in [0.2, 0.25) is 0 Å². The second-order valence-corrected chi connectivity index (χ2v) is 7.65. The monoisotopic (exact) mass is 378 g/mol. The number of carbonyl (C=O) groups excluding carboxylic acids is 1. The van der Waals surface area contributed by atoms with Crippen molar-refractivity contribution in [2.75, 3.05) is 18.5 Å². The van der Waals surface area contributed by atoms with Crippen LogP contribution >= 0.6 is 15.9 Å². The SMILES string of the molecule is CC(CO)(CO)NS(=O)(=O)c1cc2c(cc1Br)NC(=O)C2. The predicted molar refractivity (Wildman–Crippen MR) is 79.4 cm³/mol. The Morgan fingerprint density at radius 2 is 2.00 bits per heavy atom. The number of nitrogens with one attached hydrogen (secondary N) is 2. The number of fused-ring (bicyclic) bond motifs is 1. The average Bonchev–Trinajstić information content (AvgIpc) is 2.76. The van der Waals surface area contributed by atoms with Gasteiger partial charge in [-0.2, -0.15) is 0 Å². The molecule has 2 rings (SSSR count). The van der Waals surface area contributed by atoms with E-state index in [0.717, 1.165) is 0 Å². The van der Waals surface area contributed by atoms with Gasteiger partial charge in [0.2, 0.25) is 15.9 Å². The van der Waals surface area contributed by atoms with Crippen LogP contribution in [0, 0.1) is 0 Å². The number of halogens is 1. The Hall–Kier alpha value is -1.00. The Labute approximate surface area is 130 Å². The maximum absolute atomic E-state index is 12.4. The van der Waals surface area contributed by atoms with Gasteiger partial charge in [0.15, 0.2) is 0 Å². The summed E-state index contributed by atoms with van der Waals surface area (Å²) in [7, 11) is -3.97. The van der Waals surface area contributed by atoms with E-state index < -0.39 is 28.8 Å². The second-order valence-electron chi connectivity index (χ2n) is 5.15. The van der Waals surface area contributed by atoms with Crippen LogP contribution in [0.1, 0.15) is 12.5 Å². The zero-order valence-electron chi connectivity index (χ0n) is 11.2. The lowest BCUT2D eigenvalue weighted by Crippen LogP contribution is -2.51. The highest BCUT2D eigenvalue weighted by atomic mass is 79.9. The molecule has 0 unspecified atom stereocenters. The number of sulfonamides is 1. The van der Waals surface area contributed by atoms with Crippen LogP contribution in [-0.4, -0.2) is 43.3 Å². The summed E-state index contributed by atoms with van der Waals surface area (Å²) in [5, 5.41) is 21.0. The molecule has 1 aromatic carbocycles. The van der Waals surface area contributed by atoms with Crippen molar-refractivity contribution in [1.82, 2.24) is 4.72 Å². The molecule has 0 fully saturated rings. The standard InChI is InChI=1S/C12H15BrN2O5S/c1-12(5-16,6-17)15-21(19,20)10-2-7-3-11(18)14-9(7)4-8(10)13/h2,4,15-17H,3,5-6H2,1H3,(H,14,18). The zero-order valence-corrected chi connectivity index (χ0v) is 13.6. The van der Waals surface area contributed by atoms with Gasteiger partial charge in [-0.15, -0.1) is 0 Å². The van der Waals surface area contributed by atoms with Crippen LogP contribution < -0.4 is 10.0 Å². The first-order chi connectivity index (χ1) is 9.70. The van der Waals surface area contributed by atoms with E-state index in [0.29, 0.717) is 11.3 Å². The molecule has 0 aromatic heterocycles. The highest BCUT2D eigenvalue weighted by Crippen LogP contribution is 2.32. The smallest absolute Gasteiger partial charge is 0.242 e. The molecular formula is C12H15BrN2O5S. The van der Waals surface area contributed by atoms with E-state index >= 15 is 0 Å². The summed E-state index contributed by atoms with van der Waals surface area (Å²) < 4.78 is 27.4. The zero-order chi connectivity index (χ0) is 15.8. The maximum Gasteiger partial charge on any atom is 0.242 e. The van der Waals surface area contributed by atoms with E-state index in [4.69, 9.17) is 0 Å². The van der Waals surface area contributed by atoms with E-state index in [1.165, 1.54) is 19.1 Å². The minimum atomic E-state index is -3.97. The van der Waals surface area contributed by atoms with E-state index in [1.54, 1.807) is 0 Å². The molecule has 1 aliphatic rings. The molecule has 9 heteroatoms. The molecule has 0 atom stereocenters. The maximum atomic E-state index is 12.4. The second kappa shape index (κ2) is 5.65. The normalized spacial score (nSPS) is 15.0. The molecule has 1 amide bonds. The van der Waals surface area contributed by atoms with Crippen molar-refractivity contribution in [2.45, 2.75) is 23.8 Å². The van der Waals surface area contributed by atoms with Gasteiger partial charge in [0.25, 0.3) is 0 Å². The van der Waals surface area contributed by atoms with Crippen molar-refractivity contribution in [1.29, 1.82) is 0 Å². The Morgan fingerprint density at radius 1 is 1.38 bits per heavy atom. The van der Waals surface area contributed by atoms with Crippen LogP contribution in [0.3, 0.4) is 0 Å². The van der Waals surface area contributed by atoms with Gasteiger partial charge in [-0.3, -0.25) is 4.79 Å². The van der Waals surface area contributed by atoms with Crippen LogP contribution in [0.4, 0.5) is 5.69 Å². The Kier molecular flexibility index (Phi) is 4.41. The molecule has 0 saturated carbocycles. The van der Waals surface area contributed by atoms with Gasteiger partial charge in [-0.25, -0.2) is 13.1 Å². The van der Waals surface area contributed by atoms with Gasteiger partial charge in [0.05, 0.1) is 30.1 Å². The van der Waals surface area contributed by atoms with Crippen molar-refractivity contribution in [3.63, 3.8) is 0 Å². The topological polar surface area (TPSA) is 116 Å². The van der Waals surface area contributed by atoms with Gasteiger partial charge in [0.1, 0.15) is 0 Å². The lowest BCUT2D eigenvalue weighted by atomic mass is 10.1. The van der Waals surface area contributed by atoms with Gasteiger partial charge < -0.3 is 15.5 Å². The highest BCUT2D eigenvalue weighted by molar-refractivity contribution is 9.10. The quantitative estimate of drug-likeness (QED) is 0.573. The van der Waals surface area contributed by atoms with E-state index in [9.17, 15) is 23.4 Å². The first kappa shape index (κ1) is 16.4. The summed E-state index contributed by atoms with van der Waals surface area (Å²) >= 11 is 3.16. The third-order valence-corrected chi connectivity index (χ3v) is 5.75. The van der Waals surface area contributed by atoms with E-state index in [1.807, 2.05) is 0 Å². The highest BCUT2D eigenvalue weighted by Gasteiger charge is 2.32. The van der Waals surface area contributed by atoms with Crippen LogP contribution in [0.15, 0.2) is 21.5 Å². The molecule has 1 aromatic rings. The third-order valence-electron chi connectivity index (χ3n) is 3.15. The molecule has 0 aliphatic carbocycles. The third kappa shape index (κ3) is 3.27. The van der Waals surface area contributed by atoms with Gasteiger partial charge >= 0.3 is 0 Å². The van der Waals surface area contributed by atoms with Crippen LogP contribution in [0.25, 0.3) is 0 Å². The lowest BCUT2D eigenvalue weighted by Gasteiger charge is -2.26. The van der Waals surface area contributed by atoms with Crippen molar-refractivity contribution in [2.24, 2.45) is 0 Å². The number of amides is 1. The predicted octanol–water partition coefficient (Wildman–Crippen LogP) is -0.0347. The molecule has 7 nitrogen and oxygen atoms in total. The number of rotatable bonds is 5. The lowest BCUT2D eigenvalue weighted by molar-refractivity contribution is -0.115. The summed E-state index contributed by atoms with van der Waals surface area (Å²) in [5.41, 5.74) is -0.220. The first-order valence-corrected chi connectivity index (χ1v) is 8.36.